The van der Waals surface area contributed by atoms with Gasteiger partial charge in [0.15, 0.2) is 5.76 Å². The highest BCUT2D eigenvalue weighted by Gasteiger charge is 2.31. The van der Waals surface area contributed by atoms with Gasteiger partial charge in [0.25, 0.3) is 0 Å². The van der Waals surface area contributed by atoms with E-state index in [9.17, 15) is 9.90 Å². The first-order valence-electron chi connectivity index (χ1n) is 11.9. The first-order chi connectivity index (χ1) is 16.2. The molecule has 4 rings (SSSR count). The zero-order valence-electron chi connectivity index (χ0n) is 20.9. The van der Waals surface area contributed by atoms with Crippen LogP contribution in [0.3, 0.4) is 0 Å². The number of ketones is 1. The van der Waals surface area contributed by atoms with Crippen LogP contribution < -0.4 is 19.5 Å². The third-order valence-corrected chi connectivity index (χ3v) is 6.23. The highest BCUT2D eigenvalue weighted by molar-refractivity contribution is 6.15. The molecule has 0 radical (unpaired) electrons. The Kier molecular flexibility index (Phi) is 6.71. The van der Waals surface area contributed by atoms with Gasteiger partial charge in [0, 0.05) is 47.1 Å². The summed E-state index contributed by atoms with van der Waals surface area (Å²) >= 11 is 0. The van der Waals surface area contributed by atoms with Crippen molar-refractivity contribution in [1.29, 1.82) is 0 Å². The van der Waals surface area contributed by atoms with Gasteiger partial charge in [-0.2, -0.15) is 0 Å². The number of carbonyl (C=O) groups is 1. The van der Waals surface area contributed by atoms with Gasteiger partial charge in [0.1, 0.15) is 18.0 Å². The first kappa shape index (κ1) is 23.9. The molecule has 1 aromatic heterocycles. The van der Waals surface area contributed by atoms with Crippen molar-refractivity contribution in [2.24, 2.45) is 18.9 Å². The van der Waals surface area contributed by atoms with Crippen molar-refractivity contribution in [3.05, 3.63) is 59.0 Å². The van der Waals surface area contributed by atoms with Crippen molar-refractivity contribution in [2.75, 3.05) is 20.2 Å². The summed E-state index contributed by atoms with van der Waals surface area (Å²) in [5.41, 5.74) is 2.94. The van der Waals surface area contributed by atoms with E-state index < -0.39 is 0 Å². The second-order valence-corrected chi connectivity index (χ2v) is 10.1. The molecule has 34 heavy (non-hydrogen) atoms. The minimum atomic E-state index is -0.189. The Morgan fingerprint density at radius 3 is 2.47 bits per heavy atom. The lowest BCUT2D eigenvalue weighted by Crippen LogP contribution is -3.11. The fourth-order valence-corrected chi connectivity index (χ4v) is 4.87. The van der Waals surface area contributed by atoms with Gasteiger partial charge in [-0.15, -0.1) is 0 Å². The molecule has 1 N–H and O–H groups in total. The number of hydrogen-bond acceptors (Lipinski definition) is 4. The number of allylic oxidation sites excluding steroid dienone is 1. The first-order valence-corrected chi connectivity index (χ1v) is 11.9. The molecule has 6 heteroatoms. The molecule has 0 saturated carbocycles. The number of nitrogens with one attached hydrogen (secondary N) is 1. The van der Waals surface area contributed by atoms with E-state index in [1.807, 2.05) is 36.0 Å². The fourth-order valence-electron chi connectivity index (χ4n) is 4.87. The van der Waals surface area contributed by atoms with Crippen LogP contribution in [0.1, 0.15) is 49.2 Å². The molecular weight excluding hydrogens is 428 g/mol. The van der Waals surface area contributed by atoms with E-state index in [2.05, 4.69) is 27.7 Å². The van der Waals surface area contributed by atoms with Gasteiger partial charge in [-0.1, -0.05) is 39.5 Å². The molecule has 6 nitrogen and oxygen atoms in total. The molecule has 180 valence electrons. The Hall–Kier alpha value is -3.25. The SMILES string of the molecule is COc1ccc2c(c1)c(/C=C1/Oc3c(ccc([O-])c3C[NH+](CC(C)C)CC(C)C)C1=O)cn2C. The van der Waals surface area contributed by atoms with Gasteiger partial charge in [-0.3, -0.25) is 4.79 Å². The number of hydrogen-bond donors (Lipinski definition) is 1. The zero-order chi connectivity index (χ0) is 24.6. The largest absolute Gasteiger partial charge is 0.872 e. The van der Waals surface area contributed by atoms with Crippen molar-refractivity contribution >= 4 is 22.8 Å². The van der Waals surface area contributed by atoms with Crippen LogP contribution in [-0.4, -0.2) is 30.5 Å². The number of methoxy groups -OCH3 is 1. The quantitative estimate of drug-likeness (QED) is 0.520. The summed E-state index contributed by atoms with van der Waals surface area (Å²) in [5, 5.41) is 13.8. The molecule has 0 fully saturated rings. The summed E-state index contributed by atoms with van der Waals surface area (Å²) in [7, 11) is 3.60. The Morgan fingerprint density at radius 1 is 1.12 bits per heavy atom. The summed E-state index contributed by atoms with van der Waals surface area (Å²) < 4.78 is 13.5. The van der Waals surface area contributed by atoms with Gasteiger partial charge in [0.2, 0.25) is 5.78 Å². The summed E-state index contributed by atoms with van der Waals surface area (Å²) in [5.74, 6) is 2.15. The molecule has 1 aliphatic rings. The van der Waals surface area contributed by atoms with E-state index >= 15 is 0 Å². The van der Waals surface area contributed by atoms with Crippen molar-refractivity contribution in [2.45, 2.75) is 34.2 Å². The van der Waals surface area contributed by atoms with Crippen molar-refractivity contribution in [3.8, 4) is 17.2 Å². The second kappa shape index (κ2) is 9.55. The smallest absolute Gasteiger partial charge is 0.231 e. The van der Waals surface area contributed by atoms with E-state index in [0.717, 1.165) is 35.3 Å². The molecular formula is C28H34N2O4. The second-order valence-electron chi connectivity index (χ2n) is 10.1. The highest BCUT2D eigenvalue weighted by Crippen LogP contribution is 2.39. The van der Waals surface area contributed by atoms with Crippen molar-refractivity contribution < 1.29 is 24.3 Å². The van der Waals surface area contributed by atoms with Gasteiger partial charge in [-0.25, -0.2) is 0 Å². The maximum atomic E-state index is 13.2. The molecule has 0 spiro atoms. The number of benzene rings is 2. The fraction of sp³-hybridized carbons (Fsp3) is 0.393. The van der Waals surface area contributed by atoms with Gasteiger partial charge in [0.05, 0.1) is 25.8 Å². The Balaban J connectivity index is 1.71. The summed E-state index contributed by atoms with van der Waals surface area (Å²) in [6.45, 7) is 11.2. The third-order valence-electron chi connectivity index (χ3n) is 6.23. The van der Waals surface area contributed by atoms with E-state index in [1.165, 1.54) is 11.0 Å². The van der Waals surface area contributed by atoms with Crippen LogP contribution in [0, 0.1) is 11.8 Å². The average Bonchev–Trinajstić information content (AvgIpc) is 3.25. The normalized spacial score (nSPS) is 14.6. The molecule has 3 aromatic rings. The molecule has 0 amide bonds. The van der Waals surface area contributed by atoms with E-state index in [1.54, 1.807) is 19.3 Å². The molecule has 2 aromatic carbocycles. The Bertz CT molecular complexity index is 1240. The minimum absolute atomic E-state index is 0.0762. The molecule has 1 aliphatic heterocycles. The number of quaternary nitrogens is 1. The lowest BCUT2D eigenvalue weighted by atomic mass is 10.0. The third kappa shape index (κ3) is 4.68. The maximum absolute atomic E-state index is 13.2. The summed E-state index contributed by atoms with van der Waals surface area (Å²) in [6.07, 6.45) is 3.74. The Morgan fingerprint density at radius 2 is 1.82 bits per heavy atom. The molecule has 0 unspecified atom stereocenters. The Labute approximate surface area is 201 Å². The van der Waals surface area contributed by atoms with Crippen LogP contribution in [0.15, 0.2) is 42.3 Å². The van der Waals surface area contributed by atoms with E-state index in [4.69, 9.17) is 9.47 Å². The molecule has 0 bridgehead atoms. The summed E-state index contributed by atoms with van der Waals surface area (Å²) in [6, 6.07) is 8.96. The number of nitrogens with zero attached hydrogens (tertiary/aromatic N) is 1. The number of aryl methyl sites for hydroxylation is 1. The number of rotatable bonds is 8. The van der Waals surface area contributed by atoms with Gasteiger partial charge in [-0.05, 0) is 30.3 Å². The number of carbonyl (C=O) groups excluding carboxylic acids is 1. The predicted octanol–water partition coefficient (Wildman–Crippen LogP) is 3.57. The standard InChI is InChI=1S/C28H34N2O4/c1-17(2)13-30(14-18(3)4)16-23-25(31)10-8-21-27(32)26(34-28(21)23)11-19-15-29(5)24-9-7-20(33-6)12-22(19)24/h7-12,15,17-18,31H,13-14,16H2,1-6H3/b26-11+. The lowest BCUT2D eigenvalue weighted by Gasteiger charge is -2.26. The zero-order valence-corrected chi connectivity index (χ0v) is 20.9. The van der Waals surface area contributed by atoms with Crippen molar-refractivity contribution in [3.63, 3.8) is 0 Å². The molecule has 0 atom stereocenters. The summed E-state index contributed by atoms with van der Waals surface area (Å²) in [4.78, 5) is 14.6. The number of aromatic nitrogens is 1. The average molecular weight is 463 g/mol. The van der Waals surface area contributed by atoms with E-state index in [0.29, 0.717) is 35.3 Å². The van der Waals surface area contributed by atoms with Crippen LogP contribution in [-0.2, 0) is 13.6 Å². The van der Waals surface area contributed by atoms with Crippen LogP contribution in [0.4, 0.5) is 0 Å². The number of ether oxygens (including phenoxy) is 2. The minimum Gasteiger partial charge on any atom is -0.872 e. The predicted molar refractivity (Wildman–Crippen MR) is 132 cm³/mol. The van der Waals surface area contributed by atoms with Crippen LogP contribution >= 0.6 is 0 Å². The topological polar surface area (TPSA) is 68.0 Å². The molecule has 0 saturated heterocycles. The van der Waals surface area contributed by atoms with Crippen LogP contribution in [0.5, 0.6) is 17.2 Å². The molecule has 2 heterocycles. The number of Topliss-reactive ketones (excluding diaryl/α,β-unsaturated/α-hetero) is 1. The van der Waals surface area contributed by atoms with Gasteiger partial charge >= 0.3 is 0 Å². The highest BCUT2D eigenvalue weighted by atomic mass is 16.5. The number of fused-ring (bicyclic) bond motifs is 2. The molecule has 0 aliphatic carbocycles. The lowest BCUT2D eigenvalue weighted by molar-refractivity contribution is -0.919. The monoisotopic (exact) mass is 462 g/mol. The van der Waals surface area contributed by atoms with Crippen LogP contribution in [0.25, 0.3) is 17.0 Å². The maximum Gasteiger partial charge on any atom is 0.231 e. The van der Waals surface area contributed by atoms with Crippen molar-refractivity contribution in [1.82, 2.24) is 4.57 Å². The van der Waals surface area contributed by atoms with Crippen LogP contribution in [0.2, 0.25) is 0 Å². The van der Waals surface area contributed by atoms with E-state index in [-0.39, 0.29) is 17.3 Å². The van der Waals surface area contributed by atoms with Gasteiger partial charge < -0.3 is 24.0 Å².